The summed E-state index contributed by atoms with van der Waals surface area (Å²) in [6.45, 7) is 0. The Bertz CT molecular complexity index is 914. The van der Waals surface area contributed by atoms with Gasteiger partial charge in [-0.1, -0.05) is 25.7 Å². The van der Waals surface area contributed by atoms with E-state index in [1.807, 2.05) is 0 Å². The molecule has 4 aliphatic carbocycles. The van der Waals surface area contributed by atoms with Crippen LogP contribution in [0.25, 0.3) is 0 Å². The largest absolute Gasteiger partial charge is 0.393 e. The first kappa shape index (κ1) is 27.9. The fraction of sp³-hybridized carbons (Fsp3) is 1.00. The summed E-state index contributed by atoms with van der Waals surface area (Å²) >= 11 is 0. The minimum atomic E-state index is -0.178. The van der Waals surface area contributed by atoms with Crippen molar-refractivity contribution in [1.29, 1.82) is 0 Å². The van der Waals surface area contributed by atoms with Crippen LogP contribution < -0.4 is 42.5 Å². The van der Waals surface area contributed by atoms with Crippen LogP contribution in [0.3, 0.4) is 0 Å². The van der Waals surface area contributed by atoms with Crippen molar-refractivity contribution in [3.05, 3.63) is 0 Å². The molecule has 5 saturated heterocycles. The predicted molar refractivity (Wildman–Crippen MR) is 160 cm³/mol. The molecule has 0 radical (unpaired) electrons. The van der Waals surface area contributed by atoms with Gasteiger partial charge in [-0.2, -0.15) is 0 Å². The number of aliphatic hydroxyl groups excluding tert-OH is 2. The Kier molecular flexibility index (Phi) is 7.39. The molecule has 10 N–H and O–H groups in total. The van der Waals surface area contributed by atoms with Crippen LogP contribution in [0.2, 0.25) is 0 Å². The SMILES string of the molecule is OC1CCC2C3NC4NC(NC5NC(NC6NC(NC(N3)C2C1)C1CCCCC61)C1CCC(O)CC51)C1CCCCC41. The first-order chi connectivity index (χ1) is 20.6. The molecule has 5 heterocycles. The van der Waals surface area contributed by atoms with Crippen LogP contribution in [0.15, 0.2) is 0 Å². The van der Waals surface area contributed by atoms with Crippen molar-refractivity contribution in [2.45, 2.75) is 151 Å². The summed E-state index contributed by atoms with van der Waals surface area (Å²) < 4.78 is 0. The maximum Gasteiger partial charge on any atom is 0.0629 e. The molecule has 0 aromatic carbocycles. The first-order valence-corrected chi connectivity index (χ1v) is 18.0. The van der Waals surface area contributed by atoms with Crippen LogP contribution in [0.5, 0.6) is 0 Å². The van der Waals surface area contributed by atoms with E-state index in [4.69, 9.17) is 0 Å². The van der Waals surface area contributed by atoms with Crippen LogP contribution in [-0.2, 0) is 0 Å². The predicted octanol–water partition coefficient (Wildman–Crippen LogP) is 0.547. The standard InChI is InChI=1S/C32H56N8O2/c41-15-9-11-21-23(13-15)32-38-28-20-8-4-2-6-18(20)26(34-28)36-30-22-12-10-16(42)14-24(22)31(40-30)37-27-19-7-3-1-5-17(19)25(33-27)35-29(21)39-32/h15-42H,1-14H2. The van der Waals surface area contributed by atoms with E-state index < -0.39 is 0 Å². The summed E-state index contributed by atoms with van der Waals surface area (Å²) in [6.07, 6.45) is 18.0. The Hall–Kier alpha value is -0.400. The molecule has 8 bridgehead atoms. The molecule has 0 aromatic heterocycles. The van der Waals surface area contributed by atoms with Gasteiger partial charge in [-0.15, -0.1) is 0 Å². The van der Waals surface area contributed by atoms with Crippen molar-refractivity contribution in [2.75, 3.05) is 0 Å². The van der Waals surface area contributed by atoms with Crippen LogP contribution in [0.1, 0.15) is 89.9 Å². The molecule has 0 spiro atoms. The molecule has 9 aliphatic rings. The molecular formula is C32H56N8O2. The first-order valence-electron chi connectivity index (χ1n) is 18.0. The van der Waals surface area contributed by atoms with Gasteiger partial charge in [0.05, 0.1) is 61.5 Å². The minimum absolute atomic E-state index is 0.178. The molecule has 5 aliphatic heterocycles. The highest BCUT2D eigenvalue weighted by atomic mass is 16.3. The van der Waals surface area contributed by atoms with E-state index in [1.165, 1.54) is 51.4 Å². The average molecular weight is 585 g/mol. The van der Waals surface area contributed by atoms with E-state index in [9.17, 15) is 10.2 Å². The zero-order chi connectivity index (χ0) is 27.9. The number of rotatable bonds is 0. The topological polar surface area (TPSA) is 137 Å². The van der Waals surface area contributed by atoms with Gasteiger partial charge in [-0.3, -0.25) is 42.5 Å². The Morgan fingerprint density at radius 2 is 0.524 bits per heavy atom. The Morgan fingerprint density at radius 3 is 0.810 bits per heavy atom. The van der Waals surface area contributed by atoms with Crippen LogP contribution in [0.4, 0.5) is 0 Å². The van der Waals surface area contributed by atoms with Gasteiger partial charge in [0, 0.05) is 0 Å². The van der Waals surface area contributed by atoms with E-state index in [0.717, 1.165) is 38.5 Å². The molecule has 9 rings (SSSR count). The van der Waals surface area contributed by atoms with Crippen LogP contribution in [-0.4, -0.2) is 71.7 Å². The van der Waals surface area contributed by atoms with Gasteiger partial charge < -0.3 is 10.2 Å². The van der Waals surface area contributed by atoms with Gasteiger partial charge in [0.25, 0.3) is 0 Å². The highest BCUT2D eigenvalue weighted by Gasteiger charge is 2.55. The average Bonchev–Trinajstić information content (AvgIpc) is 3.72. The van der Waals surface area contributed by atoms with E-state index >= 15 is 0 Å². The summed E-state index contributed by atoms with van der Waals surface area (Å²) in [7, 11) is 0. The molecule has 9 fully saturated rings. The summed E-state index contributed by atoms with van der Waals surface area (Å²) in [4.78, 5) is 0. The molecule has 236 valence electrons. The zero-order valence-electron chi connectivity index (χ0n) is 25.2. The molecule has 42 heavy (non-hydrogen) atoms. The second-order valence-electron chi connectivity index (χ2n) is 16.0. The Labute approximate surface area is 251 Å². The van der Waals surface area contributed by atoms with Gasteiger partial charge >= 0.3 is 0 Å². The van der Waals surface area contributed by atoms with Gasteiger partial charge in [-0.05, 0) is 112 Å². The van der Waals surface area contributed by atoms with E-state index in [-0.39, 0.29) is 49.2 Å². The summed E-state index contributed by atoms with van der Waals surface area (Å²) in [5, 5.41) is 54.5. The van der Waals surface area contributed by atoms with Gasteiger partial charge in [0.2, 0.25) is 0 Å². The van der Waals surface area contributed by atoms with E-state index in [2.05, 4.69) is 42.5 Å². The molecule has 4 saturated carbocycles. The number of fused-ring (bicyclic) bond motifs is 20. The monoisotopic (exact) mass is 584 g/mol. The smallest absolute Gasteiger partial charge is 0.0629 e. The molecular weight excluding hydrogens is 528 g/mol. The number of hydrogen-bond donors (Lipinski definition) is 10. The van der Waals surface area contributed by atoms with Crippen molar-refractivity contribution in [3.8, 4) is 0 Å². The molecule has 0 aromatic rings. The van der Waals surface area contributed by atoms with Crippen molar-refractivity contribution >= 4 is 0 Å². The van der Waals surface area contributed by atoms with Gasteiger partial charge in [-0.25, -0.2) is 0 Å². The Morgan fingerprint density at radius 1 is 0.286 bits per heavy atom. The molecule has 10 nitrogen and oxygen atoms in total. The van der Waals surface area contributed by atoms with Gasteiger partial charge in [0.1, 0.15) is 0 Å². The van der Waals surface area contributed by atoms with Crippen molar-refractivity contribution in [1.82, 2.24) is 42.5 Å². The zero-order valence-corrected chi connectivity index (χ0v) is 25.2. The third-order valence-electron chi connectivity index (χ3n) is 13.9. The number of aliphatic hydroxyl groups is 2. The van der Waals surface area contributed by atoms with Crippen molar-refractivity contribution in [2.24, 2.45) is 47.3 Å². The Balaban J connectivity index is 1.05. The fourth-order valence-electron chi connectivity index (χ4n) is 11.9. The number of nitrogens with one attached hydrogen (secondary N) is 8. The lowest BCUT2D eigenvalue weighted by molar-refractivity contribution is 0.0610. The lowest BCUT2D eigenvalue weighted by Gasteiger charge is -2.36. The second kappa shape index (κ2) is 11.1. The van der Waals surface area contributed by atoms with E-state index in [0.29, 0.717) is 59.7 Å². The highest BCUT2D eigenvalue weighted by molar-refractivity contribution is 5.08. The maximum absolute atomic E-state index is 10.8. The normalized spacial score (nSPS) is 59.0. The van der Waals surface area contributed by atoms with Crippen molar-refractivity contribution < 1.29 is 10.2 Å². The highest BCUT2D eigenvalue weighted by Crippen LogP contribution is 2.45. The van der Waals surface area contributed by atoms with E-state index in [1.54, 1.807) is 0 Å². The fourth-order valence-corrected chi connectivity index (χ4v) is 11.9. The summed E-state index contributed by atoms with van der Waals surface area (Å²) in [5.41, 5.74) is 0. The third-order valence-corrected chi connectivity index (χ3v) is 13.9. The van der Waals surface area contributed by atoms with Gasteiger partial charge in [0.15, 0.2) is 0 Å². The summed E-state index contributed by atoms with van der Waals surface area (Å²) in [5.74, 6) is 4.51. The molecule has 18 atom stereocenters. The van der Waals surface area contributed by atoms with Crippen molar-refractivity contribution in [3.63, 3.8) is 0 Å². The number of hydrogen-bond acceptors (Lipinski definition) is 10. The molecule has 10 heteroatoms. The lowest BCUT2D eigenvalue weighted by atomic mass is 9.75. The maximum atomic E-state index is 10.8. The minimum Gasteiger partial charge on any atom is -0.393 e. The van der Waals surface area contributed by atoms with Crippen LogP contribution in [0, 0.1) is 47.3 Å². The molecule has 18 unspecified atom stereocenters. The lowest BCUT2D eigenvalue weighted by Crippen LogP contribution is -2.61. The quantitative estimate of drug-likeness (QED) is 0.197. The molecule has 0 amide bonds. The third kappa shape index (κ3) is 4.74. The summed E-state index contributed by atoms with van der Waals surface area (Å²) in [6, 6.07) is 0. The van der Waals surface area contributed by atoms with Crippen LogP contribution >= 0.6 is 0 Å². The second-order valence-corrected chi connectivity index (χ2v) is 16.0.